The number of aliphatic hydroxyl groups excluding tert-OH is 1. The third kappa shape index (κ3) is 7.89. The van der Waals surface area contributed by atoms with Gasteiger partial charge in [-0.3, -0.25) is 9.79 Å². The molecule has 1 aliphatic carbocycles. The van der Waals surface area contributed by atoms with Gasteiger partial charge in [0.15, 0.2) is 5.78 Å². The van der Waals surface area contributed by atoms with E-state index in [1.807, 2.05) is 34.6 Å². The van der Waals surface area contributed by atoms with Crippen molar-refractivity contribution < 1.29 is 14.6 Å². The molecule has 4 nitrogen and oxygen atoms in total. The summed E-state index contributed by atoms with van der Waals surface area (Å²) < 4.78 is 5.78. The first-order valence-electron chi connectivity index (χ1n) is 10.1. The van der Waals surface area contributed by atoms with E-state index in [-0.39, 0.29) is 22.6 Å². The lowest BCUT2D eigenvalue weighted by atomic mass is 9.75. The number of carbonyl (C=O) groups is 1. The molecule has 0 aromatic carbocycles. The minimum absolute atomic E-state index is 0.0217. The molecule has 0 heterocycles. The van der Waals surface area contributed by atoms with Crippen molar-refractivity contribution in [1.82, 2.24) is 0 Å². The molecule has 0 aromatic heterocycles. The standard InChI is InChI=1S/C23H37NO3/c1-8-17(3)11-10-14-24-18(12-13-23(6,7)27-9-2)21-19(25)15-22(4,5)16-20(21)26/h17,25H,8-9,12-16H2,1-7H3. The molecule has 1 unspecified atom stereocenters. The van der Waals surface area contributed by atoms with Gasteiger partial charge in [0.1, 0.15) is 12.3 Å². The Morgan fingerprint density at radius 1 is 1.33 bits per heavy atom. The van der Waals surface area contributed by atoms with Crippen molar-refractivity contribution in [3.05, 3.63) is 11.3 Å². The predicted molar refractivity (Wildman–Crippen MR) is 112 cm³/mol. The van der Waals surface area contributed by atoms with Gasteiger partial charge in [-0.2, -0.15) is 0 Å². The normalized spacial score (nSPS) is 18.9. The molecule has 0 saturated carbocycles. The molecule has 1 aliphatic rings. The molecule has 0 radical (unpaired) electrons. The second-order valence-electron chi connectivity index (χ2n) is 8.85. The van der Waals surface area contributed by atoms with Crippen LogP contribution in [0, 0.1) is 23.2 Å². The summed E-state index contributed by atoms with van der Waals surface area (Å²) >= 11 is 0. The molecule has 0 bridgehead atoms. The molecule has 1 N–H and O–H groups in total. The lowest BCUT2D eigenvalue weighted by Crippen LogP contribution is -2.31. The van der Waals surface area contributed by atoms with Crippen LogP contribution < -0.4 is 0 Å². The number of Topliss-reactive ketones (excluding diaryl/α,β-unsaturated/α-hetero) is 1. The van der Waals surface area contributed by atoms with Crippen LogP contribution >= 0.6 is 0 Å². The number of ketones is 1. The van der Waals surface area contributed by atoms with E-state index in [1.54, 1.807) is 0 Å². The van der Waals surface area contributed by atoms with Crippen LogP contribution in [-0.2, 0) is 9.53 Å². The maximum Gasteiger partial charge on any atom is 0.168 e. The quantitative estimate of drug-likeness (QED) is 0.464. The van der Waals surface area contributed by atoms with Gasteiger partial charge in [-0.1, -0.05) is 39.5 Å². The Morgan fingerprint density at radius 2 is 2.00 bits per heavy atom. The van der Waals surface area contributed by atoms with Crippen LogP contribution in [0.1, 0.15) is 80.6 Å². The predicted octanol–water partition coefficient (Wildman–Crippen LogP) is 5.27. The first kappa shape index (κ1) is 23.4. The average molecular weight is 376 g/mol. The van der Waals surface area contributed by atoms with E-state index in [0.717, 1.165) is 12.8 Å². The number of hydrogen-bond acceptors (Lipinski definition) is 4. The molecule has 0 fully saturated rings. The maximum absolute atomic E-state index is 12.7. The molecule has 1 atom stereocenters. The second kappa shape index (κ2) is 10.1. The van der Waals surface area contributed by atoms with Crippen molar-refractivity contribution in [2.24, 2.45) is 16.3 Å². The highest BCUT2D eigenvalue weighted by molar-refractivity contribution is 6.23. The van der Waals surface area contributed by atoms with Gasteiger partial charge in [0.05, 0.1) is 16.9 Å². The van der Waals surface area contributed by atoms with Crippen molar-refractivity contribution >= 4 is 11.5 Å². The summed E-state index contributed by atoms with van der Waals surface area (Å²) in [6.45, 7) is 15.2. The third-order valence-corrected chi connectivity index (χ3v) is 4.95. The van der Waals surface area contributed by atoms with E-state index in [9.17, 15) is 9.90 Å². The number of ether oxygens (including phenoxy) is 1. The number of hydrogen-bond donors (Lipinski definition) is 1. The summed E-state index contributed by atoms with van der Waals surface area (Å²) in [4.78, 5) is 17.3. The number of allylic oxidation sites excluding steroid dienone is 2. The minimum atomic E-state index is -0.301. The zero-order valence-corrected chi connectivity index (χ0v) is 18.2. The van der Waals surface area contributed by atoms with Crippen molar-refractivity contribution in [1.29, 1.82) is 0 Å². The minimum Gasteiger partial charge on any atom is -0.511 e. The highest BCUT2D eigenvalue weighted by Gasteiger charge is 2.35. The van der Waals surface area contributed by atoms with Crippen LogP contribution in [0.25, 0.3) is 0 Å². The highest BCUT2D eigenvalue weighted by atomic mass is 16.5. The Labute approximate surface area is 165 Å². The van der Waals surface area contributed by atoms with Crippen LogP contribution in [-0.4, -0.2) is 35.4 Å². The highest BCUT2D eigenvalue weighted by Crippen LogP contribution is 2.37. The molecule has 152 valence electrons. The van der Waals surface area contributed by atoms with E-state index in [2.05, 4.69) is 30.7 Å². The molecule has 0 aromatic rings. The molecule has 1 rings (SSSR count). The fourth-order valence-corrected chi connectivity index (χ4v) is 3.24. The van der Waals surface area contributed by atoms with E-state index in [0.29, 0.717) is 49.6 Å². The van der Waals surface area contributed by atoms with Crippen molar-refractivity contribution in [3.63, 3.8) is 0 Å². The zero-order chi connectivity index (χ0) is 20.7. The van der Waals surface area contributed by atoms with Crippen molar-refractivity contribution in [2.75, 3.05) is 13.2 Å². The molecular weight excluding hydrogens is 338 g/mol. The lowest BCUT2D eigenvalue weighted by molar-refractivity contribution is -0.118. The monoisotopic (exact) mass is 375 g/mol. The van der Waals surface area contributed by atoms with Gasteiger partial charge in [0.2, 0.25) is 0 Å². The summed E-state index contributed by atoms with van der Waals surface area (Å²) in [5.74, 6) is 6.75. The van der Waals surface area contributed by atoms with E-state index >= 15 is 0 Å². The Hall–Kier alpha value is -1.60. The lowest BCUT2D eigenvalue weighted by Gasteiger charge is -2.31. The third-order valence-electron chi connectivity index (χ3n) is 4.95. The molecule has 0 aliphatic heterocycles. The summed E-state index contributed by atoms with van der Waals surface area (Å²) in [5, 5.41) is 10.6. The van der Waals surface area contributed by atoms with Gasteiger partial charge in [0, 0.05) is 25.4 Å². The number of rotatable bonds is 8. The average Bonchev–Trinajstić information content (AvgIpc) is 2.53. The largest absolute Gasteiger partial charge is 0.511 e. The van der Waals surface area contributed by atoms with Crippen LogP contribution in [0.3, 0.4) is 0 Å². The number of aliphatic hydroxyl groups is 1. The fourth-order valence-electron chi connectivity index (χ4n) is 3.24. The van der Waals surface area contributed by atoms with Crippen LogP contribution in [0.4, 0.5) is 0 Å². The maximum atomic E-state index is 12.7. The van der Waals surface area contributed by atoms with E-state index < -0.39 is 0 Å². The Bertz CT molecular complexity index is 644. The summed E-state index contributed by atoms with van der Waals surface area (Å²) in [6.07, 6.45) is 3.25. The molecule has 0 saturated heterocycles. The SMILES string of the molecule is CCOC(C)(C)CCC(=NCC#CC(C)CC)C1=C(O)CC(C)(C)CC1=O. The first-order valence-corrected chi connectivity index (χ1v) is 10.1. The smallest absolute Gasteiger partial charge is 0.168 e. The Kier molecular flexibility index (Phi) is 8.75. The Balaban J connectivity index is 3.09. The van der Waals surface area contributed by atoms with E-state index in [4.69, 9.17) is 4.74 Å². The van der Waals surface area contributed by atoms with Crippen molar-refractivity contribution in [2.45, 2.75) is 86.2 Å². The summed E-state index contributed by atoms with van der Waals surface area (Å²) in [6, 6.07) is 0. The number of nitrogens with zero attached hydrogens (tertiary/aromatic N) is 1. The van der Waals surface area contributed by atoms with Gasteiger partial charge in [-0.25, -0.2) is 0 Å². The van der Waals surface area contributed by atoms with Crippen LogP contribution in [0.5, 0.6) is 0 Å². The zero-order valence-electron chi connectivity index (χ0n) is 18.2. The van der Waals surface area contributed by atoms with Gasteiger partial charge < -0.3 is 9.84 Å². The van der Waals surface area contributed by atoms with Gasteiger partial charge in [-0.15, -0.1) is 0 Å². The van der Waals surface area contributed by atoms with Gasteiger partial charge in [0.25, 0.3) is 0 Å². The first-order chi connectivity index (χ1) is 12.5. The van der Waals surface area contributed by atoms with Crippen molar-refractivity contribution in [3.8, 4) is 11.8 Å². The molecule has 0 amide bonds. The molecular formula is C23H37NO3. The number of aliphatic imine (C=N–C) groups is 1. The van der Waals surface area contributed by atoms with Gasteiger partial charge >= 0.3 is 0 Å². The Morgan fingerprint density at radius 3 is 2.56 bits per heavy atom. The summed E-state index contributed by atoms with van der Waals surface area (Å²) in [7, 11) is 0. The summed E-state index contributed by atoms with van der Waals surface area (Å²) in [5.41, 5.74) is 0.563. The van der Waals surface area contributed by atoms with Crippen LogP contribution in [0.15, 0.2) is 16.3 Å². The number of carbonyl (C=O) groups excluding carboxylic acids is 1. The second-order valence-corrected chi connectivity index (χ2v) is 8.85. The molecule has 0 spiro atoms. The van der Waals surface area contributed by atoms with Crippen LogP contribution in [0.2, 0.25) is 0 Å². The topological polar surface area (TPSA) is 58.9 Å². The fraction of sp³-hybridized carbons (Fsp3) is 0.739. The van der Waals surface area contributed by atoms with E-state index in [1.165, 1.54) is 0 Å². The molecule has 27 heavy (non-hydrogen) atoms. The molecule has 4 heteroatoms. The van der Waals surface area contributed by atoms with Gasteiger partial charge in [-0.05, 0) is 45.4 Å².